The van der Waals surface area contributed by atoms with E-state index in [0.29, 0.717) is 17.4 Å². The lowest BCUT2D eigenvalue weighted by Crippen LogP contribution is -2.31. The van der Waals surface area contributed by atoms with E-state index in [1.807, 2.05) is 31.2 Å². The normalized spacial score (nSPS) is 10.6. The second-order valence-electron chi connectivity index (χ2n) is 6.40. The Hall–Kier alpha value is -3.41. The number of para-hydroxylation sites is 1. The first-order valence-electron chi connectivity index (χ1n) is 8.53. The van der Waals surface area contributed by atoms with Gasteiger partial charge in [0.2, 0.25) is 0 Å². The molecule has 0 aliphatic heterocycles. The number of H-pyrrole nitrogens is 1. The Bertz CT molecular complexity index is 1040. The van der Waals surface area contributed by atoms with E-state index >= 15 is 0 Å². The van der Waals surface area contributed by atoms with Gasteiger partial charge in [-0.05, 0) is 24.6 Å². The van der Waals surface area contributed by atoms with E-state index in [1.54, 1.807) is 31.3 Å². The van der Waals surface area contributed by atoms with Gasteiger partial charge >= 0.3 is 5.97 Å². The highest BCUT2D eigenvalue weighted by Crippen LogP contribution is 2.09. The minimum atomic E-state index is -0.741. The number of carbonyl (C=O) groups excluding carboxylic acids is 2. The highest BCUT2D eigenvalue weighted by Gasteiger charge is 2.15. The summed E-state index contributed by atoms with van der Waals surface area (Å²) in [4.78, 5) is 40.8. The number of likely N-dealkylation sites (N-methyl/N-ethyl adjacent to an activating group) is 1. The number of ether oxygens (including phenoxy) is 1. The molecular weight excluding hydrogens is 344 g/mol. The molecule has 2 aromatic carbocycles. The fraction of sp³-hybridized carbons (Fsp3) is 0.190. The molecule has 0 atom stereocenters. The molecule has 0 fully saturated rings. The lowest BCUT2D eigenvalue weighted by molar-refractivity contribution is -0.133. The summed E-state index contributed by atoms with van der Waals surface area (Å²) in [6.45, 7) is 2.02. The number of aromatic amines is 1. The second kappa shape index (κ2) is 7.86. The number of aromatic nitrogens is 1. The molecule has 1 amide bonds. The number of rotatable bonds is 5. The highest BCUT2D eigenvalue weighted by atomic mass is 16.5. The Morgan fingerprint density at radius 3 is 2.52 bits per heavy atom. The number of hydrogen-bond acceptors (Lipinski definition) is 4. The van der Waals surface area contributed by atoms with Gasteiger partial charge in [-0.15, -0.1) is 0 Å². The average Bonchev–Trinajstić information content (AvgIpc) is 2.67. The maximum absolute atomic E-state index is 12.2. The summed E-state index contributed by atoms with van der Waals surface area (Å²) in [5.41, 5.74) is 2.42. The zero-order chi connectivity index (χ0) is 19.4. The third-order valence-electron chi connectivity index (χ3n) is 4.25. The minimum absolute atomic E-state index is 0.0210. The number of pyridine rings is 1. The third kappa shape index (κ3) is 4.41. The molecule has 6 nitrogen and oxygen atoms in total. The van der Waals surface area contributed by atoms with E-state index in [1.165, 1.54) is 11.0 Å². The zero-order valence-corrected chi connectivity index (χ0v) is 15.2. The predicted molar refractivity (Wildman–Crippen MR) is 103 cm³/mol. The van der Waals surface area contributed by atoms with Crippen LogP contribution in [0.1, 0.15) is 21.6 Å². The molecule has 1 N–H and O–H groups in total. The van der Waals surface area contributed by atoms with Crippen LogP contribution in [0.4, 0.5) is 0 Å². The fourth-order valence-electron chi connectivity index (χ4n) is 2.68. The summed E-state index contributed by atoms with van der Waals surface area (Å²) in [5.74, 6) is -1.07. The first-order valence-corrected chi connectivity index (χ1v) is 8.53. The Labute approximate surface area is 156 Å². The largest absolute Gasteiger partial charge is 0.451 e. The molecule has 6 heteroatoms. The standard InChI is InChI=1S/C21H20N2O4/c1-14-7-9-15(10-8-14)12-23(2)20(25)13-27-21(26)18-11-19(24)16-5-3-4-6-17(16)22-18/h3-11H,12-13H2,1-2H3,(H,22,24). The van der Waals surface area contributed by atoms with Crippen molar-refractivity contribution < 1.29 is 14.3 Å². The van der Waals surface area contributed by atoms with Crippen molar-refractivity contribution in [2.24, 2.45) is 0 Å². The molecular formula is C21H20N2O4. The lowest BCUT2D eigenvalue weighted by Gasteiger charge is -2.17. The zero-order valence-electron chi connectivity index (χ0n) is 15.2. The molecule has 0 radical (unpaired) electrons. The van der Waals surface area contributed by atoms with Gasteiger partial charge in [-0.25, -0.2) is 4.79 Å². The first-order chi connectivity index (χ1) is 12.9. The summed E-state index contributed by atoms with van der Waals surface area (Å²) in [5, 5.41) is 0.489. The second-order valence-corrected chi connectivity index (χ2v) is 6.40. The topological polar surface area (TPSA) is 79.5 Å². The number of hydrogen-bond donors (Lipinski definition) is 1. The fourth-order valence-corrected chi connectivity index (χ4v) is 2.68. The number of aryl methyl sites for hydroxylation is 1. The van der Waals surface area contributed by atoms with E-state index in [0.717, 1.165) is 11.1 Å². The number of amides is 1. The third-order valence-corrected chi connectivity index (χ3v) is 4.25. The molecule has 27 heavy (non-hydrogen) atoms. The van der Waals surface area contributed by atoms with Crippen LogP contribution in [-0.4, -0.2) is 35.4 Å². The van der Waals surface area contributed by atoms with Crippen LogP contribution in [0.25, 0.3) is 10.9 Å². The number of nitrogens with one attached hydrogen (secondary N) is 1. The van der Waals surface area contributed by atoms with Crippen molar-refractivity contribution in [2.45, 2.75) is 13.5 Å². The number of carbonyl (C=O) groups is 2. The monoisotopic (exact) mass is 364 g/mol. The SMILES string of the molecule is Cc1ccc(CN(C)C(=O)COC(=O)c2cc(=O)c3ccccc3[nH]2)cc1. The van der Waals surface area contributed by atoms with Crippen LogP contribution in [0.2, 0.25) is 0 Å². The van der Waals surface area contributed by atoms with Gasteiger partial charge in [-0.3, -0.25) is 9.59 Å². The van der Waals surface area contributed by atoms with Crippen LogP contribution in [0.15, 0.2) is 59.4 Å². The van der Waals surface area contributed by atoms with Gasteiger partial charge in [-0.1, -0.05) is 42.0 Å². The average molecular weight is 364 g/mol. The molecule has 0 aliphatic carbocycles. The van der Waals surface area contributed by atoms with Crippen LogP contribution in [0.5, 0.6) is 0 Å². The highest BCUT2D eigenvalue weighted by molar-refractivity contribution is 5.92. The van der Waals surface area contributed by atoms with Crippen molar-refractivity contribution in [3.63, 3.8) is 0 Å². The van der Waals surface area contributed by atoms with Gasteiger partial charge in [0, 0.05) is 30.6 Å². The van der Waals surface area contributed by atoms with Crippen molar-refractivity contribution in [2.75, 3.05) is 13.7 Å². The molecule has 3 aromatic rings. The number of benzene rings is 2. The minimum Gasteiger partial charge on any atom is -0.451 e. The Balaban J connectivity index is 1.62. The van der Waals surface area contributed by atoms with Gasteiger partial charge in [0.15, 0.2) is 12.0 Å². The van der Waals surface area contributed by atoms with Crippen molar-refractivity contribution >= 4 is 22.8 Å². The van der Waals surface area contributed by atoms with Crippen molar-refractivity contribution in [1.29, 1.82) is 0 Å². The summed E-state index contributed by atoms with van der Waals surface area (Å²) < 4.78 is 5.07. The maximum atomic E-state index is 12.2. The summed E-state index contributed by atoms with van der Waals surface area (Å²) in [6, 6.07) is 15.9. The van der Waals surface area contributed by atoms with Gasteiger partial charge in [0.25, 0.3) is 5.91 Å². The van der Waals surface area contributed by atoms with Crippen molar-refractivity contribution in [1.82, 2.24) is 9.88 Å². The number of fused-ring (bicyclic) bond motifs is 1. The smallest absolute Gasteiger partial charge is 0.355 e. The van der Waals surface area contributed by atoms with E-state index in [2.05, 4.69) is 4.98 Å². The quantitative estimate of drug-likeness (QED) is 0.706. The van der Waals surface area contributed by atoms with Crippen molar-refractivity contribution in [3.8, 4) is 0 Å². The van der Waals surface area contributed by atoms with Gasteiger partial charge < -0.3 is 14.6 Å². The number of nitrogens with zero attached hydrogens (tertiary/aromatic N) is 1. The molecule has 1 heterocycles. The van der Waals surface area contributed by atoms with Crippen LogP contribution < -0.4 is 5.43 Å². The molecule has 0 saturated carbocycles. The molecule has 3 rings (SSSR count). The summed E-state index contributed by atoms with van der Waals surface area (Å²) in [6.07, 6.45) is 0. The van der Waals surface area contributed by atoms with Crippen LogP contribution in [0, 0.1) is 6.92 Å². The summed E-state index contributed by atoms with van der Waals surface area (Å²) >= 11 is 0. The molecule has 0 aliphatic rings. The molecule has 0 bridgehead atoms. The molecule has 0 spiro atoms. The van der Waals surface area contributed by atoms with E-state index in [9.17, 15) is 14.4 Å². The van der Waals surface area contributed by atoms with E-state index in [-0.39, 0.29) is 17.0 Å². The van der Waals surface area contributed by atoms with E-state index < -0.39 is 12.6 Å². The Kier molecular flexibility index (Phi) is 5.35. The van der Waals surface area contributed by atoms with Gasteiger partial charge in [0.05, 0.1) is 0 Å². The Morgan fingerprint density at radius 1 is 1.07 bits per heavy atom. The number of esters is 1. The molecule has 1 aromatic heterocycles. The molecule has 0 unspecified atom stereocenters. The maximum Gasteiger partial charge on any atom is 0.355 e. The van der Waals surface area contributed by atoms with Crippen LogP contribution in [0.3, 0.4) is 0 Å². The molecule has 0 saturated heterocycles. The first kappa shape index (κ1) is 18.4. The summed E-state index contributed by atoms with van der Waals surface area (Å²) in [7, 11) is 1.65. The van der Waals surface area contributed by atoms with E-state index in [4.69, 9.17) is 4.74 Å². The van der Waals surface area contributed by atoms with Gasteiger partial charge in [-0.2, -0.15) is 0 Å². The van der Waals surface area contributed by atoms with Crippen LogP contribution in [-0.2, 0) is 16.1 Å². The lowest BCUT2D eigenvalue weighted by atomic mass is 10.1. The van der Waals surface area contributed by atoms with Gasteiger partial charge in [0.1, 0.15) is 5.69 Å². The predicted octanol–water partition coefficient (Wildman–Crippen LogP) is 2.65. The Morgan fingerprint density at radius 2 is 1.78 bits per heavy atom. The molecule has 138 valence electrons. The van der Waals surface area contributed by atoms with Crippen LogP contribution >= 0.6 is 0 Å². The van der Waals surface area contributed by atoms with Crippen molar-refractivity contribution in [3.05, 3.63) is 81.6 Å².